The molecule has 0 bridgehead atoms. The minimum atomic E-state index is -1.14. The minimum absolute atomic E-state index is 0.111. The Morgan fingerprint density at radius 3 is 2.37 bits per heavy atom. The van der Waals surface area contributed by atoms with Crippen LogP contribution in [0.4, 0.5) is 5.69 Å². The van der Waals surface area contributed by atoms with Crippen LogP contribution < -0.4 is 0 Å². The highest BCUT2D eigenvalue weighted by molar-refractivity contribution is 5.95. The molecule has 2 aromatic heterocycles. The fraction of sp³-hybridized carbons (Fsp3) is 0.0476. The first kappa shape index (κ1) is 16.5. The van der Waals surface area contributed by atoms with Gasteiger partial charge in [0.1, 0.15) is 0 Å². The van der Waals surface area contributed by atoms with Gasteiger partial charge in [-0.3, -0.25) is 4.40 Å². The molecular weight excluding hydrogens is 340 g/mol. The first-order valence-corrected chi connectivity index (χ1v) is 8.24. The summed E-state index contributed by atoms with van der Waals surface area (Å²) in [5, 5.41) is 9.60. The first-order valence-electron chi connectivity index (χ1n) is 8.24. The molecule has 2 aromatic carbocycles. The Hall–Kier alpha value is -3.98. The zero-order chi connectivity index (χ0) is 19.0. The van der Waals surface area contributed by atoms with Crippen molar-refractivity contribution in [2.75, 3.05) is 0 Å². The highest BCUT2D eigenvalue weighted by Gasteiger charge is 2.21. The number of hydrogen-bond acceptors (Lipinski definition) is 3. The summed E-state index contributed by atoms with van der Waals surface area (Å²) in [6, 6.07) is 14.9. The van der Waals surface area contributed by atoms with Crippen LogP contribution in [0.25, 0.3) is 33.0 Å². The van der Waals surface area contributed by atoms with Crippen molar-refractivity contribution in [3.8, 4) is 22.5 Å². The van der Waals surface area contributed by atoms with Gasteiger partial charge in [0, 0.05) is 18.0 Å². The second-order valence-corrected chi connectivity index (χ2v) is 6.11. The van der Waals surface area contributed by atoms with Crippen molar-refractivity contribution in [3.63, 3.8) is 0 Å². The molecule has 0 spiro atoms. The molecule has 0 aliphatic heterocycles. The Kier molecular flexibility index (Phi) is 3.90. The van der Waals surface area contributed by atoms with Crippen LogP contribution in [0.5, 0.6) is 0 Å². The number of fused-ring (bicyclic) bond motifs is 1. The molecule has 6 nitrogen and oxygen atoms in total. The van der Waals surface area contributed by atoms with Crippen LogP contribution in [0.3, 0.4) is 0 Å². The van der Waals surface area contributed by atoms with E-state index in [-0.39, 0.29) is 5.69 Å². The number of hydrogen-bond donors (Lipinski definition) is 1. The highest BCUT2D eigenvalue weighted by Crippen LogP contribution is 2.33. The molecule has 0 radical (unpaired) electrons. The second kappa shape index (κ2) is 6.39. The van der Waals surface area contributed by atoms with E-state index in [4.69, 9.17) is 6.57 Å². The van der Waals surface area contributed by atoms with E-state index in [0.29, 0.717) is 17.0 Å². The third-order valence-corrected chi connectivity index (χ3v) is 4.34. The lowest BCUT2D eigenvalue weighted by Crippen LogP contribution is -2.08. The third-order valence-electron chi connectivity index (χ3n) is 4.34. The van der Waals surface area contributed by atoms with Gasteiger partial charge in [-0.25, -0.2) is 19.6 Å². The van der Waals surface area contributed by atoms with E-state index in [1.807, 2.05) is 31.2 Å². The minimum Gasteiger partial charge on any atom is -0.476 e. The molecule has 0 fully saturated rings. The van der Waals surface area contributed by atoms with Gasteiger partial charge in [-0.05, 0) is 12.5 Å². The summed E-state index contributed by atoms with van der Waals surface area (Å²) in [4.78, 5) is 23.8. The Morgan fingerprint density at radius 1 is 1.07 bits per heavy atom. The highest BCUT2D eigenvalue weighted by atomic mass is 16.4. The maximum atomic E-state index is 11.7. The number of aromatic carboxylic acids is 1. The molecule has 27 heavy (non-hydrogen) atoms. The van der Waals surface area contributed by atoms with Gasteiger partial charge in [0.25, 0.3) is 0 Å². The molecule has 0 aliphatic rings. The number of aromatic nitrogens is 3. The Balaban J connectivity index is 2.08. The van der Waals surface area contributed by atoms with E-state index in [2.05, 4.69) is 14.8 Å². The molecular formula is C21H14N4O2. The lowest BCUT2D eigenvalue weighted by atomic mass is 10.0. The SMILES string of the molecule is [C-]#[N+]c1ccc(-c2nc(C(=O)O)c3nccn3c2-c2ccc(C)cc2)cc1. The van der Waals surface area contributed by atoms with Crippen molar-refractivity contribution in [2.45, 2.75) is 6.92 Å². The van der Waals surface area contributed by atoms with Gasteiger partial charge in [0.05, 0.1) is 18.0 Å². The van der Waals surface area contributed by atoms with Crippen LogP contribution in [0.2, 0.25) is 0 Å². The summed E-state index contributed by atoms with van der Waals surface area (Å²) in [6.07, 6.45) is 3.29. The molecule has 0 amide bonds. The van der Waals surface area contributed by atoms with Crippen LogP contribution in [0.15, 0.2) is 60.9 Å². The zero-order valence-electron chi connectivity index (χ0n) is 14.4. The maximum Gasteiger partial charge on any atom is 0.358 e. The van der Waals surface area contributed by atoms with Crippen molar-refractivity contribution in [3.05, 3.63) is 83.6 Å². The molecule has 2 heterocycles. The number of aryl methyl sites for hydroxylation is 1. The van der Waals surface area contributed by atoms with Crippen molar-refractivity contribution in [1.82, 2.24) is 14.4 Å². The van der Waals surface area contributed by atoms with Gasteiger partial charge in [-0.1, -0.05) is 54.1 Å². The monoisotopic (exact) mass is 354 g/mol. The van der Waals surface area contributed by atoms with Gasteiger partial charge in [0.15, 0.2) is 17.0 Å². The predicted octanol–water partition coefficient (Wildman–Crippen LogP) is 4.62. The number of benzene rings is 2. The lowest BCUT2D eigenvalue weighted by molar-refractivity contribution is 0.0692. The molecule has 1 N–H and O–H groups in total. The molecule has 6 heteroatoms. The van der Waals surface area contributed by atoms with Gasteiger partial charge >= 0.3 is 5.97 Å². The topological polar surface area (TPSA) is 71.8 Å². The Bertz CT molecular complexity index is 1200. The van der Waals surface area contributed by atoms with E-state index < -0.39 is 5.97 Å². The normalized spacial score (nSPS) is 10.7. The molecule has 0 saturated heterocycles. The summed E-state index contributed by atoms with van der Waals surface area (Å²) in [5.74, 6) is -1.14. The van der Waals surface area contributed by atoms with Crippen molar-refractivity contribution < 1.29 is 9.90 Å². The van der Waals surface area contributed by atoms with Gasteiger partial charge in [-0.15, -0.1) is 0 Å². The van der Waals surface area contributed by atoms with Crippen molar-refractivity contribution in [1.29, 1.82) is 0 Å². The second-order valence-electron chi connectivity index (χ2n) is 6.11. The number of carbonyl (C=O) groups is 1. The molecule has 130 valence electrons. The number of rotatable bonds is 3. The molecule has 4 aromatic rings. The standard InChI is InChI=1S/C21H14N4O2/c1-13-3-5-15(6-4-13)19-17(14-7-9-16(22-2)10-8-14)24-18(21(26)27)20-23-11-12-25(19)20/h3-12H,1H3,(H,26,27). The third kappa shape index (κ3) is 2.81. The summed E-state index contributed by atoms with van der Waals surface area (Å²) < 4.78 is 1.75. The predicted molar refractivity (Wildman–Crippen MR) is 102 cm³/mol. The van der Waals surface area contributed by atoms with Crippen LogP contribution in [0, 0.1) is 13.5 Å². The van der Waals surface area contributed by atoms with Crippen LogP contribution in [0.1, 0.15) is 16.1 Å². The largest absolute Gasteiger partial charge is 0.476 e. The zero-order valence-corrected chi connectivity index (χ0v) is 14.4. The Morgan fingerprint density at radius 2 is 1.74 bits per heavy atom. The smallest absolute Gasteiger partial charge is 0.358 e. The maximum absolute atomic E-state index is 11.7. The number of carboxylic acids is 1. The average molecular weight is 354 g/mol. The van der Waals surface area contributed by atoms with E-state index in [1.165, 1.54) is 0 Å². The first-order chi connectivity index (χ1) is 13.1. The van der Waals surface area contributed by atoms with Gasteiger partial charge in [0.2, 0.25) is 0 Å². The van der Waals surface area contributed by atoms with E-state index >= 15 is 0 Å². The molecule has 0 aliphatic carbocycles. The molecule has 0 unspecified atom stereocenters. The van der Waals surface area contributed by atoms with E-state index in [0.717, 1.165) is 22.4 Å². The lowest BCUT2D eigenvalue weighted by Gasteiger charge is -2.14. The molecule has 0 atom stereocenters. The van der Waals surface area contributed by atoms with Crippen LogP contribution >= 0.6 is 0 Å². The fourth-order valence-electron chi connectivity index (χ4n) is 3.01. The number of nitrogens with zero attached hydrogens (tertiary/aromatic N) is 4. The summed E-state index contributed by atoms with van der Waals surface area (Å²) in [5.41, 5.74) is 4.73. The summed E-state index contributed by atoms with van der Waals surface area (Å²) in [7, 11) is 0. The van der Waals surface area contributed by atoms with Crippen LogP contribution in [-0.2, 0) is 0 Å². The molecule has 4 rings (SSSR count). The quantitative estimate of drug-likeness (QED) is 0.545. The van der Waals surface area contributed by atoms with Gasteiger partial charge in [-0.2, -0.15) is 0 Å². The van der Waals surface area contributed by atoms with Crippen LogP contribution in [-0.4, -0.2) is 25.4 Å². The van der Waals surface area contributed by atoms with Crippen molar-refractivity contribution in [2.24, 2.45) is 0 Å². The fourth-order valence-corrected chi connectivity index (χ4v) is 3.01. The van der Waals surface area contributed by atoms with Gasteiger partial charge < -0.3 is 5.11 Å². The summed E-state index contributed by atoms with van der Waals surface area (Å²) >= 11 is 0. The summed E-state index contributed by atoms with van der Waals surface area (Å²) in [6.45, 7) is 9.12. The Labute approximate surface area is 155 Å². The molecule has 0 saturated carbocycles. The number of carboxylic acid groups (broad SMARTS) is 1. The van der Waals surface area contributed by atoms with E-state index in [9.17, 15) is 9.90 Å². The van der Waals surface area contributed by atoms with Crippen molar-refractivity contribution >= 4 is 17.3 Å². The number of imidazole rings is 1. The average Bonchev–Trinajstić information content (AvgIpc) is 3.17. The van der Waals surface area contributed by atoms with E-state index in [1.54, 1.807) is 41.1 Å².